The number of morpholine rings is 1. The van der Waals surface area contributed by atoms with E-state index in [-0.39, 0.29) is 17.2 Å². The third-order valence-electron chi connectivity index (χ3n) is 5.28. The van der Waals surface area contributed by atoms with Gasteiger partial charge in [0.05, 0.1) is 19.3 Å². The highest BCUT2D eigenvalue weighted by molar-refractivity contribution is 7.98. The van der Waals surface area contributed by atoms with E-state index in [1.807, 2.05) is 30.3 Å². The lowest BCUT2D eigenvalue weighted by Gasteiger charge is -2.43. The third kappa shape index (κ3) is 5.01. The highest BCUT2D eigenvalue weighted by atomic mass is 32.2. The Labute approximate surface area is 167 Å². The Bertz CT molecular complexity index is 737. The van der Waals surface area contributed by atoms with E-state index >= 15 is 0 Å². The van der Waals surface area contributed by atoms with Crippen molar-refractivity contribution in [2.75, 3.05) is 32.6 Å². The molecule has 1 saturated heterocycles. The predicted octanol–water partition coefficient (Wildman–Crippen LogP) is 4.56. The molecule has 0 aromatic heterocycles. The molecular weight excluding hydrogens is 354 g/mol. The number of hydrogen-bond acceptors (Lipinski definition) is 4. The second kappa shape index (κ2) is 9.05. The van der Waals surface area contributed by atoms with Crippen LogP contribution in [0.15, 0.2) is 59.5 Å². The lowest BCUT2D eigenvalue weighted by Crippen LogP contribution is -2.55. The standard InChI is InChI=1S/C23H29NO2S/c1-23(2,17-18-7-5-4-6-8-18)22(24-13-15-26-16-14-24)21(25)19-9-11-20(27-3)12-10-19/h4-12,22H,13-17H2,1-3H3. The summed E-state index contributed by atoms with van der Waals surface area (Å²) < 4.78 is 5.54. The highest BCUT2D eigenvalue weighted by Gasteiger charge is 2.40. The molecule has 0 aliphatic carbocycles. The van der Waals surface area contributed by atoms with Crippen molar-refractivity contribution < 1.29 is 9.53 Å². The van der Waals surface area contributed by atoms with Gasteiger partial charge in [0, 0.05) is 23.5 Å². The summed E-state index contributed by atoms with van der Waals surface area (Å²) in [7, 11) is 0. The highest BCUT2D eigenvalue weighted by Crippen LogP contribution is 2.33. The van der Waals surface area contributed by atoms with Gasteiger partial charge in [-0.2, -0.15) is 0 Å². The Hall–Kier alpha value is -1.62. The van der Waals surface area contributed by atoms with Crippen LogP contribution in [0.25, 0.3) is 0 Å². The Morgan fingerprint density at radius 2 is 1.70 bits per heavy atom. The number of ketones is 1. The van der Waals surface area contributed by atoms with Crippen molar-refractivity contribution in [3.63, 3.8) is 0 Å². The average molecular weight is 384 g/mol. The van der Waals surface area contributed by atoms with Gasteiger partial charge in [-0.25, -0.2) is 0 Å². The number of thioether (sulfide) groups is 1. The molecular formula is C23H29NO2S. The molecule has 0 amide bonds. The second-order valence-corrected chi connectivity index (χ2v) is 8.67. The van der Waals surface area contributed by atoms with Gasteiger partial charge in [0.15, 0.2) is 5.78 Å². The minimum Gasteiger partial charge on any atom is -0.379 e. The molecule has 0 N–H and O–H groups in total. The zero-order chi connectivity index (χ0) is 19.3. The summed E-state index contributed by atoms with van der Waals surface area (Å²) in [6.45, 7) is 7.42. The van der Waals surface area contributed by atoms with Gasteiger partial charge in [-0.3, -0.25) is 9.69 Å². The van der Waals surface area contributed by atoms with E-state index in [2.05, 4.69) is 49.3 Å². The molecule has 4 heteroatoms. The van der Waals surface area contributed by atoms with E-state index < -0.39 is 0 Å². The van der Waals surface area contributed by atoms with Crippen LogP contribution in [0.1, 0.15) is 29.8 Å². The molecule has 1 unspecified atom stereocenters. The van der Waals surface area contributed by atoms with E-state index in [1.54, 1.807) is 11.8 Å². The monoisotopic (exact) mass is 383 g/mol. The SMILES string of the molecule is CSc1ccc(C(=O)C(N2CCOCC2)C(C)(C)Cc2ccccc2)cc1. The lowest BCUT2D eigenvalue weighted by atomic mass is 9.75. The summed E-state index contributed by atoms with van der Waals surface area (Å²) in [5.74, 6) is 0.213. The molecule has 0 spiro atoms. The molecule has 1 atom stereocenters. The lowest BCUT2D eigenvalue weighted by molar-refractivity contribution is -0.00792. The number of carbonyl (C=O) groups is 1. The number of hydrogen-bond donors (Lipinski definition) is 0. The van der Waals surface area contributed by atoms with Crippen molar-refractivity contribution >= 4 is 17.5 Å². The second-order valence-electron chi connectivity index (χ2n) is 7.79. The first-order chi connectivity index (χ1) is 13.0. The minimum atomic E-state index is -0.187. The van der Waals surface area contributed by atoms with Crippen molar-refractivity contribution in [2.45, 2.75) is 31.2 Å². The zero-order valence-electron chi connectivity index (χ0n) is 16.5. The fraction of sp³-hybridized carbons (Fsp3) is 0.435. The molecule has 3 nitrogen and oxygen atoms in total. The number of carbonyl (C=O) groups excluding carboxylic acids is 1. The molecule has 3 rings (SSSR count). The van der Waals surface area contributed by atoms with Crippen molar-refractivity contribution in [3.05, 3.63) is 65.7 Å². The van der Waals surface area contributed by atoms with Gasteiger partial charge in [0.25, 0.3) is 0 Å². The van der Waals surface area contributed by atoms with Crippen molar-refractivity contribution in [3.8, 4) is 0 Å². The van der Waals surface area contributed by atoms with Crippen LogP contribution < -0.4 is 0 Å². The van der Waals surface area contributed by atoms with Crippen LogP contribution in [-0.2, 0) is 11.2 Å². The number of benzene rings is 2. The summed E-state index contributed by atoms with van der Waals surface area (Å²) in [6.07, 6.45) is 2.92. The first-order valence-electron chi connectivity index (χ1n) is 9.55. The maximum absolute atomic E-state index is 13.6. The van der Waals surface area contributed by atoms with Gasteiger partial charge < -0.3 is 4.74 Å². The summed E-state index contributed by atoms with van der Waals surface area (Å²) in [6, 6.07) is 18.3. The third-order valence-corrected chi connectivity index (χ3v) is 6.02. The normalized spacial score (nSPS) is 16.9. The summed E-state index contributed by atoms with van der Waals surface area (Å²) in [5.41, 5.74) is 1.88. The first kappa shape index (κ1) is 20.1. The van der Waals surface area contributed by atoms with Crippen LogP contribution >= 0.6 is 11.8 Å². The first-order valence-corrected chi connectivity index (χ1v) is 10.8. The molecule has 1 heterocycles. The van der Waals surface area contributed by atoms with E-state index in [4.69, 9.17) is 4.74 Å². The van der Waals surface area contributed by atoms with Crippen molar-refractivity contribution in [1.29, 1.82) is 0 Å². The van der Waals surface area contributed by atoms with Gasteiger partial charge in [-0.05, 0) is 35.8 Å². The Kier molecular flexibility index (Phi) is 6.74. The van der Waals surface area contributed by atoms with E-state index in [0.717, 1.165) is 25.1 Å². The van der Waals surface area contributed by atoms with Gasteiger partial charge in [0.2, 0.25) is 0 Å². The molecule has 0 radical (unpaired) electrons. The number of Topliss-reactive ketones (excluding diaryl/α,β-unsaturated/α-hetero) is 1. The molecule has 2 aromatic carbocycles. The van der Waals surface area contributed by atoms with Gasteiger partial charge in [0.1, 0.15) is 0 Å². The van der Waals surface area contributed by atoms with Gasteiger partial charge >= 0.3 is 0 Å². The molecule has 27 heavy (non-hydrogen) atoms. The van der Waals surface area contributed by atoms with Crippen LogP contribution in [0.5, 0.6) is 0 Å². The van der Waals surface area contributed by atoms with Gasteiger partial charge in [-0.1, -0.05) is 56.3 Å². The van der Waals surface area contributed by atoms with Crippen LogP contribution in [0, 0.1) is 5.41 Å². The average Bonchev–Trinajstić information content (AvgIpc) is 2.69. The number of ether oxygens (including phenoxy) is 1. The summed E-state index contributed by atoms with van der Waals surface area (Å²) >= 11 is 1.69. The molecule has 1 aliphatic rings. The fourth-order valence-corrected chi connectivity index (χ4v) is 4.39. The Morgan fingerprint density at radius 1 is 1.07 bits per heavy atom. The molecule has 1 fully saturated rings. The molecule has 0 saturated carbocycles. The smallest absolute Gasteiger partial charge is 0.180 e. The van der Waals surface area contributed by atoms with Crippen LogP contribution in [0.4, 0.5) is 0 Å². The van der Waals surface area contributed by atoms with Crippen molar-refractivity contribution in [1.82, 2.24) is 4.90 Å². The molecule has 1 aliphatic heterocycles. The zero-order valence-corrected chi connectivity index (χ0v) is 17.3. The molecule has 144 valence electrons. The minimum absolute atomic E-state index is 0.165. The van der Waals surface area contributed by atoms with E-state index in [0.29, 0.717) is 13.2 Å². The summed E-state index contributed by atoms with van der Waals surface area (Å²) in [5, 5.41) is 0. The molecule has 0 bridgehead atoms. The van der Waals surface area contributed by atoms with Crippen LogP contribution in [0.3, 0.4) is 0 Å². The van der Waals surface area contributed by atoms with Gasteiger partial charge in [-0.15, -0.1) is 11.8 Å². The largest absolute Gasteiger partial charge is 0.379 e. The van der Waals surface area contributed by atoms with Crippen LogP contribution in [0.2, 0.25) is 0 Å². The maximum Gasteiger partial charge on any atom is 0.180 e. The summed E-state index contributed by atoms with van der Waals surface area (Å²) in [4.78, 5) is 17.1. The molecule has 2 aromatic rings. The Morgan fingerprint density at radius 3 is 2.30 bits per heavy atom. The van der Waals surface area contributed by atoms with E-state index in [1.165, 1.54) is 10.5 Å². The van der Waals surface area contributed by atoms with E-state index in [9.17, 15) is 4.79 Å². The quantitative estimate of drug-likeness (QED) is 0.518. The number of nitrogens with zero attached hydrogens (tertiary/aromatic N) is 1. The van der Waals surface area contributed by atoms with Crippen molar-refractivity contribution in [2.24, 2.45) is 5.41 Å². The fourth-order valence-electron chi connectivity index (χ4n) is 3.98. The van der Waals surface area contributed by atoms with Crippen LogP contribution in [-0.4, -0.2) is 49.3 Å². The maximum atomic E-state index is 13.6. The topological polar surface area (TPSA) is 29.5 Å². The number of rotatable bonds is 7. The Balaban J connectivity index is 1.90. The predicted molar refractivity (Wildman–Crippen MR) is 113 cm³/mol.